The van der Waals surface area contributed by atoms with E-state index < -0.39 is 34.4 Å². The van der Waals surface area contributed by atoms with Crippen LogP contribution >= 0.6 is 15.9 Å². The molecule has 1 heterocycles. The predicted molar refractivity (Wildman–Crippen MR) is 79.7 cm³/mol. The van der Waals surface area contributed by atoms with Gasteiger partial charge >= 0.3 is 0 Å². The molecule has 1 aliphatic rings. The van der Waals surface area contributed by atoms with Crippen LogP contribution in [0.2, 0.25) is 0 Å². The van der Waals surface area contributed by atoms with Gasteiger partial charge in [0.15, 0.2) is 0 Å². The van der Waals surface area contributed by atoms with E-state index in [9.17, 15) is 18.0 Å². The van der Waals surface area contributed by atoms with Gasteiger partial charge in [-0.2, -0.15) is 4.31 Å². The van der Waals surface area contributed by atoms with Gasteiger partial charge in [-0.25, -0.2) is 8.42 Å². The maximum atomic E-state index is 12.7. The Morgan fingerprint density at radius 2 is 2.10 bits per heavy atom. The lowest BCUT2D eigenvalue weighted by molar-refractivity contribution is -0.137. The Morgan fingerprint density at radius 1 is 1.43 bits per heavy atom. The number of hydrogen-bond acceptors (Lipinski definition) is 5. The number of carbonyl (C=O) groups is 2. The van der Waals surface area contributed by atoms with Gasteiger partial charge in [0.25, 0.3) is 0 Å². The number of amides is 2. The molecular formula is C12H14BrN3O4S. The molecule has 0 saturated carbocycles. The molecule has 1 aromatic rings. The summed E-state index contributed by atoms with van der Waals surface area (Å²) in [5.74, 6) is -1.26. The summed E-state index contributed by atoms with van der Waals surface area (Å²) in [4.78, 5) is 23.2. The van der Waals surface area contributed by atoms with E-state index in [-0.39, 0.29) is 17.0 Å². The van der Waals surface area contributed by atoms with Crippen LogP contribution in [0.5, 0.6) is 0 Å². The second kappa shape index (κ2) is 5.74. The van der Waals surface area contributed by atoms with E-state index in [2.05, 4.69) is 21.2 Å². The van der Waals surface area contributed by atoms with Gasteiger partial charge in [-0.15, -0.1) is 0 Å². The predicted octanol–water partition coefficient (Wildman–Crippen LogP) is 0.457. The SMILES string of the molecule is CCC1C(=O)NC(=O)CN1S(=O)(=O)c1cc(N)ccc1Br. The van der Waals surface area contributed by atoms with Crippen molar-refractivity contribution in [2.45, 2.75) is 24.3 Å². The quantitative estimate of drug-likeness (QED) is 0.588. The molecule has 7 nitrogen and oxygen atoms in total. The van der Waals surface area contributed by atoms with Gasteiger partial charge in [-0.05, 0) is 40.5 Å². The lowest BCUT2D eigenvalue weighted by atomic mass is 10.2. The first-order valence-electron chi connectivity index (χ1n) is 6.18. The highest BCUT2D eigenvalue weighted by Crippen LogP contribution is 2.29. The number of hydrogen-bond donors (Lipinski definition) is 2. The van der Waals surface area contributed by atoms with Gasteiger partial charge in [0.05, 0.1) is 11.4 Å². The molecule has 0 radical (unpaired) electrons. The third-order valence-corrected chi connectivity index (χ3v) is 5.99. The molecular weight excluding hydrogens is 362 g/mol. The molecule has 0 spiro atoms. The van der Waals surface area contributed by atoms with E-state index in [1.165, 1.54) is 12.1 Å². The number of nitrogens with one attached hydrogen (secondary N) is 1. The second-order valence-corrected chi connectivity index (χ2v) is 7.29. The number of carbonyl (C=O) groups excluding carboxylic acids is 2. The van der Waals surface area contributed by atoms with Crippen LogP contribution in [0, 0.1) is 0 Å². The third-order valence-electron chi connectivity index (χ3n) is 3.14. The van der Waals surface area contributed by atoms with Crippen LogP contribution in [0.1, 0.15) is 13.3 Å². The molecule has 1 aliphatic heterocycles. The molecule has 0 aliphatic carbocycles. The van der Waals surface area contributed by atoms with E-state index in [4.69, 9.17) is 5.73 Å². The van der Waals surface area contributed by atoms with E-state index in [0.29, 0.717) is 4.47 Å². The number of halogens is 1. The third kappa shape index (κ3) is 2.94. The molecule has 1 fully saturated rings. The Hall–Kier alpha value is -1.45. The molecule has 114 valence electrons. The number of piperazine rings is 1. The zero-order chi connectivity index (χ0) is 15.8. The topological polar surface area (TPSA) is 110 Å². The molecule has 1 saturated heterocycles. The standard InChI is InChI=1S/C12H14BrN3O4S/c1-2-9-12(18)15-11(17)6-16(9)21(19,20)10-5-7(14)3-4-8(10)13/h3-5,9H,2,6,14H2,1H3,(H,15,17,18). The van der Waals surface area contributed by atoms with Crippen LogP contribution in [0.25, 0.3) is 0 Å². The summed E-state index contributed by atoms with van der Waals surface area (Å²) in [5.41, 5.74) is 5.90. The van der Waals surface area contributed by atoms with E-state index in [1.54, 1.807) is 13.0 Å². The highest BCUT2D eigenvalue weighted by Gasteiger charge is 2.41. The molecule has 21 heavy (non-hydrogen) atoms. The van der Waals surface area contributed by atoms with Gasteiger partial charge < -0.3 is 5.73 Å². The smallest absolute Gasteiger partial charge is 0.245 e. The first-order valence-corrected chi connectivity index (χ1v) is 8.41. The molecule has 0 bridgehead atoms. The summed E-state index contributed by atoms with van der Waals surface area (Å²) in [5, 5.41) is 2.14. The average molecular weight is 376 g/mol. The van der Waals surface area contributed by atoms with Gasteiger partial charge in [0.1, 0.15) is 6.04 Å². The Bertz CT molecular complexity index is 704. The molecule has 3 N–H and O–H groups in total. The Labute approximate surface area is 130 Å². The van der Waals surface area contributed by atoms with Gasteiger partial charge in [-0.3, -0.25) is 14.9 Å². The zero-order valence-corrected chi connectivity index (χ0v) is 13.6. The van der Waals surface area contributed by atoms with Crippen LogP contribution in [0.3, 0.4) is 0 Å². The maximum Gasteiger partial charge on any atom is 0.245 e. The van der Waals surface area contributed by atoms with E-state index in [1.807, 2.05) is 0 Å². The fourth-order valence-electron chi connectivity index (χ4n) is 2.13. The fourth-order valence-corrected chi connectivity index (χ4v) is 4.71. The zero-order valence-electron chi connectivity index (χ0n) is 11.2. The van der Waals surface area contributed by atoms with Crippen LogP contribution < -0.4 is 11.1 Å². The van der Waals surface area contributed by atoms with Crippen molar-refractivity contribution in [1.29, 1.82) is 0 Å². The minimum atomic E-state index is -4.02. The van der Waals surface area contributed by atoms with Crippen molar-refractivity contribution >= 4 is 43.5 Å². The van der Waals surface area contributed by atoms with Crippen molar-refractivity contribution in [3.8, 4) is 0 Å². The number of benzene rings is 1. The summed E-state index contributed by atoms with van der Waals surface area (Å²) in [6.07, 6.45) is 0.262. The van der Waals surface area contributed by atoms with Crippen LogP contribution in [-0.2, 0) is 19.6 Å². The Morgan fingerprint density at radius 3 is 2.71 bits per heavy atom. The van der Waals surface area contributed by atoms with E-state index in [0.717, 1.165) is 4.31 Å². The number of anilines is 1. The summed E-state index contributed by atoms with van der Waals surface area (Å²) in [7, 11) is -4.02. The molecule has 2 rings (SSSR count). The van der Waals surface area contributed by atoms with Crippen molar-refractivity contribution in [3.05, 3.63) is 22.7 Å². The number of nitrogen functional groups attached to an aromatic ring is 1. The van der Waals surface area contributed by atoms with Crippen LogP contribution in [-0.4, -0.2) is 37.1 Å². The summed E-state index contributed by atoms with van der Waals surface area (Å²) >= 11 is 3.16. The first-order chi connectivity index (χ1) is 9.77. The largest absolute Gasteiger partial charge is 0.399 e. The first kappa shape index (κ1) is 15.9. The van der Waals surface area contributed by atoms with Crippen molar-refractivity contribution in [1.82, 2.24) is 9.62 Å². The number of nitrogens with zero attached hydrogens (tertiary/aromatic N) is 1. The summed E-state index contributed by atoms with van der Waals surface area (Å²) in [6, 6.07) is 3.44. The molecule has 0 aromatic heterocycles. The molecule has 1 unspecified atom stereocenters. The second-order valence-electron chi connectivity index (χ2n) is 4.58. The van der Waals surface area contributed by atoms with Gasteiger partial charge in [0.2, 0.25) is 21.8 Å². The number of nitrogens with two attached hydrogens (primary N) is 1. The van der Waals surface area contributed by atoms with E-state index >= 15 is 0 Å². The molecule has 9 heteroatoms. The van der Waals surface area contributed by atoms with Gasteiger partial charge in [-0.1, -0.05) is 6.92 Å². The van der Waals surface area contributed by atoms with Crippen LogP contribution in [0.15, 0.2) is 27.6 Å². The van der Waals surface area contributed by atoms with Crippen molar-refractivity contribution < 1.29 is 18.0 Å². The van der Waals surface area contributed by atoms with Crippen molar-refractivity contribution in [3.63, 3.8) is 0 Å². The number of imide groups is 1. The minimum Gasteiger partial charge on any atom is -0.399 e. The van der Waals surface area contributed by atoms with Crippen molar-refractivity contribution in [2.75, 3.05) is 12.3 Å². The molecule has 1 atom stereocenters. The maximum absolute atomic E-state index is 12.7. The minimum absolute atomic E-state index is 0.0662. The fraction of sp³-hybridized carbons (Fsp3) is 0.333. The lowest BCUT2D eigenvalue weighted by Crippen LogP contribution is -2.59. The Kier molecular flexibility index (Phi) is 4.35. The number of sulfonamides is 1. The summed E-state index contributed by atoms with van der Waals surface area (Å²) in [6.45, 7) is 1.28. The van der Waals surface area contributed by atoms with Gasteiger partial charge in [0, 0.05) is 10.2 Å². The van der Waals surface area contributed by atoms with Crippen molar-refractivity contribution in [2.24, 2.45) is 0 Å². The molecule has 2 amide bonds. The molecule has 1 aromatic carbocycles. The normalized spacial score (nSPS) is 20.4. The van der Waals surface area contributed by atoms with Crippen LogP contribution in [0.4, 0.5) is 5.69 Å². The average Bonchev–Trinajstić information content (AvgIpc) is 2.40. The number of rotatable bonds is 3. The lowest BCUT2D eigenvalue weighted by Gasteiger charge is -2.32. The highest BCUT2D eigenvalue weighted by atomic mass is 79.9. The highest BCUT2D eigenvalue weighted by molar-refractivity contribution is 9.10. The summed E-state index contributed by atoms with van der Waals surface area (Å²) < 4.78 is 26.7. The Balaban J connectivity index is 2.53. The monoisotopic (exact) mass is 375 g/mol.